The van der Waals surface area contributed by atoms with Gasteiger partial charge in [0.05, 0.1) is 6.21 Å². The fourth-order valence-electron chi connectivity index (χ4n) is 1.88. The Kier molecular flexibility index (Phi) is 7.73. The predicted molar refractivity (Wildman–Crippen MR) is 109 cm³/mol. The largest absolute Gasteiger partial charge is 0.489 e. The highest BCUT2D eigenvalue weighted by atomic mass is 35.5. The third-order valence-electron chi connectivity index (χ3n) is 3.09. The van der Waals surface area contributed by atoms with Gasteiger partial charge < -0.3 is 10.1 Å². The molecule has 2 aromatic carbocycles. The van der Waals surface area contributed by atoms with Gasteiger partial charge in [-0.2, -0.15) is 5.10 Å². The summed E-state index contributed by atoms with van der Waals surface area (Å²) in [5.74, 6) is 0.687. The number of halogens is 2. The van der Waals surface area contributed by atoms with Gasteiger partial charge in [-0.05, 0) is 42.0 Å². The van der Waals surface area contributed by atoms with Crippen LogP contribution < -0.4 is 15.5 Å². The summed E-state index contributed by atoms with van der Waals surface area (Å²) in [5, 5.41) is 8.57. The highest BCUT2D eigenvalue weighted by Gasteiger charge is 2.06. The second-order valence-electron chi connectivity index (χ2n) is 4.93. The molecule has 0 heterocycles. The fraction of sp³-hybridized carbons (Fsp3) is 0.111. The van der Waals surface area contributed by atoms with Crippen molar-refractivity contribution in [2.75, 3.05) is 6.54 Å². The van der Waals surface area contributed by atoms with Crippen LogP contribution in [0.2, 0.25) is 10.0 Å². The van der Waals surface area contributed by atoms with Gasteiger partial charge in [0.15, 0.2) is 5.11 Å². The standard InChI is InChI=1S/C18H17Cl2N3OS/c1-2-9-21-18(25)23-22-11-13-5-3-6-14(10-13)24-12-15-16(19)7-4-8-17(15)20/h2-8,10-11H,1,9,12H2,(H2,21,23,25)/b22-11-. The first-order valence-corrected chi connectivity index (χ1v) is 8.60. The number of hydrazone groups is 1. The predicted octanol–water partition coefficient (Wildman–Crippen LogP) is 4.56. The molecule has 0 fully saturated rings. The number of nitrogens with zero attached hydrogens (tertiary/aromatic N) is 1. The molecule has 0 aliphatic heterocycles. The van der Waals surface area contributed by atoms with E-state index in [4.69, 9.17) is 40.2 Å². The number of nitrogens with one attached hydrogen (secondary N) is 2. The summed E-state index contributed by atoms with van der Waals surface area (Å²) in [6.45, 7) is 4.46. The molecule has 2 aromatic rings. The molecule has 130 valence electrons. The lowest BCUT2D eigenvalue weighted by atomic mass is 10.2. The van der Waals surface area contributed by atoms with Crippen molar-refractivity contribution in [1.82, 2.24) is 10.7 Å². The lowest BCUT2D eigenvalue weighted by Gasteiger charge is -2.10. The average Bonchev–Trinajstić information content (AvgIpc) is 2.60. The van der Waals surface area contributed by atoms with Crippen LogP contribution >= 0.6 is 35.4 Å². The zero-order valence-electron chi connectivity index (χ0n) is 13.3. The Labute approximate surface area is 162 Å². The highest BCUT2D eigenvalue weighted by molar-refractivity contribution is 7.80. The molecule has 0 aromatic heterocycles. The number of benzene rings is 2. The van der Waals surface area contributed by atoms with Gasteiger partial charge in [0.2, 0.25) is 0 Å². The first kappa shape index (κ1) is 19.2. The molecule has 0 radical (unpaired) electrons. The number of rotatable bonds is 7. The molecule has 4 nitrogen and oxygen atoms in total. The Bertz CT molecular complexity index is 760. The minimum Gasteiger partial charge on any atom is -0.489 e. The Morgan fingerprint density at radius 2 is 1.92 bits per heavy atom. The SMILES string of the molecule is C=CCNC(=S)N/N=C\c1cccc(OCc2c(Cl)cccc2Cl)c1. The number of ether oxygens (including phenoxy) is 1. The summed E-state index contributed by atoms with van der Waals surface area (Å²) < 4.78 is 5.77. The average molecular weight is 394 g/mol. The van der Waals surface area contributed by atoms with E-state index in [2.05, 4.69) is 22.4 Å². The van der Waals surface area contributed by atoms with Crippen molar-refractivity contribution in [3.8, 4) is 5.75 Å². The van der Waals surface area contributed by atoms with Crippen molar-refractivity contribution in [1.29, 1.82) is 0 Å². The van der Waals surface area contributed by atoms with Gasteiger partial charge in [0.25, 0.3) is 0 Å². The maximum atomic E-state index is 6.14. The Hall–Kier alpha value is -2.08. The van der Waals surface area contributed by atoms with E-state index < -0.39 is 0 Å². The van der Waals surface area contributed by atoms with E-state index in [9.17, 15) is 0 Å². The first-order chi connectivity index (χ1) is 12.1. The van der Waals surface area contributed by atoms with Crippen LogP contribution in [-0.2, 0) is 6.61 Å². The highest BCUT2D eigenvalue weighted by Crippen LogP contribution is 2.25. The van der Waals surface area contributed by atoms with Gasteiger partial charge in [-0.25, -0.2) is 0 Å². The van der Waals surface area contributed by atoms with Gasteiger partial charge in [-0.3, -0.25) is 5.43 Å². The zero-order chi connectivity index (χ0) is 18.1. The Morgan fingerprint density at radius 3 is 2.64 bits per heavy atom. The summed E-state index contributed by atoms with van der Waals surface area (Å²) in [6.07, 6.45) is 3.36. The van der Waals surface area contributed by atoms with Crippen LogP contribution in [0, 0.1) is 0 Å². The minimum absolute atomic E-state index is 0.285. The summed E-state index contributed by atoms with van der Waals surface area (Å²) in [7, 11) is 0. The number of hydrogen-bond donors (Lipinski definition) is 2. The molecule has 0 unspecified atom stereocenters. The van der Waals surface area contributed by atoms with Crippen LogP contribution in [0.4, 0.5) is 0 Å². The molecule has 0 bridgehead atoms. The lowest BCUT2D eigenvalue weighted by molar-refractivity contribution is 0.306. The quantitative estimate of drug-likeness (QED) is 0.313. The second kappa shape index (κ2) is 10.0. The van der Waals surface area contributed by atoms with E-state index in [1.54, 1.807) is 30.5 Å². The maximum Gasteiger partial charge on any atom is 0.187 e. The van der Waals surface area contributed by atoms with E-state index in [1.165, 1.54) is 0 Å². The third kappa shape index (κ3) is 6.38. The van der Waals surface area contributed by atoms with Crippen LogP contribution in [-0.4, -0.2) is 17.9 Å². The monoisotopic (exact) mass is 393 g/mol. The van der Waals surface area contributed by atoms with Crippen molar-refractivity contribution >= 4 is 46.7 Å². The lowest BCUT2D eigenvalue weighted by Crippen LogP contribution is -2.31. The molecule has 0 spiro atoms. The van der Waals surface area contributed by atoms with Gasteiger partial charge >= 0.3 is 0 Å². The van der Waals surface area contributed by atoms with Crippen LogP contribution in [0.1, 0.15) is 11.1 Å². The topological polar surface area (TPSA) is 45.7 Å². The molecule has 7 heteroatoms. The second-order valence-corrected chi connectivity index (χ2v) is 6.15. The summed E-state index contributed by atoms with van der Waals surface area (Å²) in [4.78, 5) is 0. The first-order valence-electron chi connectivity index (χ1n) is 7.43. The van der Waals surface area contributed by atoms with E-state index in [1.807, 2.05) is 24.3 Å². The Morgan fingerprint density at radius 1 is 1.20 bits per heavy atom. The maximum absolute atomic E-state index is 6.14. The minimum atomic E-state index is 0.285. The molecule has 0 saturated heterocycles. The van der Waals surface area contributed by atoms with Gasteiger partial charge in [-0.1, -0.05) is 47.5 Å². The van der Waals surface area contributed by atoms with E-state index in [0.29, 0.717) is 27.5 Å². The van der Waals surface area contributed by atoms with Crippen molar-refractivity contribution in [3.63, 3.8) is 0 Å². The van der Waals surface area contributed by atoms with E-state index in [0.717, 1.165) is 11.1 Å². The van der Waals surface area contributed by atoms with Crippen LogP contribution in [0.15, 0.2) is 60.2 Å². The van der Waals surface area contributed by atoms with Crippen molar-refractivity contribution in [2.24, 2.45) is 5.10 Å². The van der Waals surface area contributed by atoms with Crippen molar-refractivity contribution < 1.29 is 4.74 Å². The molecular formula is C18H17Cl2N3OS. The molecule has 2 N–H and O–H groups in total. The summed E-state index contributed by atoms with van der Waals surface area (Å²) in [6, 6.07) is 12.8. The van der Waals surface area contributed by atoms with Gasteiger partial charge in [0, 0.05) is 22.2 Å². The summed E-state index contributed by atoms with van der Waals surface area (Å²) in [5.41, 5.74) is 4.34. The molecule has 0 aliphatic carbocycles. The fourth-order valence-corrected chi connectivity index (χ4v) is 2.52. The van der Waals surface area contributed by atoms with Gasteiger partial charge in [-0.15, -0.1) is 6.58 Å². The molecule has 0 atom stereocenters. The van der Waals surface area contributed by atoms with Crippen molar-refractivity contribution in [3.05, 3.63) is 76.3 Å². The molecular weight excluding hydrogens is 377 g/mol. The number of thiocarbonyl (C=S) groups is 1. The molecule has 25 heavy (non-hydrogen) atoms. The molecule has 0 saturated carbocycles. The van der Waals surface area contributed by atoms with Crippen LogP contribution in [0.25, 0.3) is 0 Å². The van der Waals surface area contributed by atoms with Crippen LogP contribution in [0.3, 0.4) is 0 Å². The summed E-state index contributed by atoms with van der Waals surface area (Å²) >= 11 is 17.3. The third-order valence-corrected chi connectivity index (χ3v) is 4.03. The number of hydrogen-bond acceptors (Lipinski definition) is 3. The van der Waals surface area contributed by atoms with Gasteiger partial charge in [0.1, 0.15) is 12.4 Å². The van der Waals surface area contributed by atoms with Crippen LogP contribution in [0.5, 0.6) is 5.75 Å². The van der Waals surface area contributed by atoms with E-state index >= 15 is 0 Å². The van der Waals surface area contributed by atoms with E-state index in [-0.39, 0.29) is 6.61 Å². The smallest absolute Gasteiger partial charge is 0.187 e. The molecule has 0 aliphatic rings. The van der Waals surface area contributed by atoms with Crippen molar-refractivity contribution in [2.45, 2.75) is 6.61 Å². The Balaban J connectivity index is 1.94. The zero-order valence-corrected chi connectivity index (χ0v) is 15.7. The molecule has 0 amide bonds. The molecule has 2 rings (SSSR count). The normalized spacial score (nSPS) is 10.5.